The van der Waals surface area contributed by atoms with Gasteiger partial charge in [0.15, 0.2) is 5.78 Å². The van der Waals surface area contributed by atoms with Gasteiger partial charge in [-0.15, -0.1) is 0 Å². The first-order valence-corrected chi connectivity index (χ1v) is 9.32. The molecule has 6 nitrogen and oxygen atoms in total. The van der Waals surface area contributed by atoms with Crippen molar-refractivity contribution in [3.8, 4) is 0 Å². The number of nitrogens with zero attached hydrogens (tertiary/aromatic N) is 2. The highest BCUT2D eigenvalue weighted by Gasteiger charge is 2.22. The summed E-state index contributed by atoms with van der Waals surface area (Å²) in [5, 5.41) is 11.1. The minimum atomic E-state index is -0.352. The van der Waals surface area contributed by atoms with Crippen LogP contribution in [0.1, 0.15) is 53.6 Å². The maximum absolute atomic E-state index is 12.9. The molecule has 2 N–H and O–H groups in total. The number of aromatic amines is 1. The van der Waals surface area contributed by atoms with E-state index in [0.29, 0.717) is 18.5 Å². The number of aryl methyl sites for hydroxylation is 2. The average molecular weight is 366 g/mol. The van der Waals surface area contributed by atoms with Crippen LogP contribution in [0.3, 0.4) is 0 Å². The van der Waals surface area contributed by atoms with Crippen LogP contribution in [-0.2, 0) is 11.2 Å². The Kier molecular flexibility index (Phi) is 5.44. The van der Waals surface area contributed by atoms with Gasteiger partial charge in [0.25, 0.3) is 0 Å². The molecule has 1 amide bonds. The SMILES string of the molecule is CC[C@H](C(=O)NCCc1c(C)n[nH]c1C)n1cc(C(C)=O)c2ccccc21. The highest BCUT2D eigenvalue weighted by atomic mass is 16.2. The standard InChI is InChI=1S/C21H26N4O2/c1-5-19(21(27)22-11-10-16-13(2)23-24-14(16)3)25-12-18(15(4)26)17-8-6-7-9-20(17)25/h6-9,12,19H,5,10-11H2,1-4H3,(H,22,27)(H,23,24)/t19-/m1/s1. The molecule has 0 aliphatic rings. The molecule has 0 bridgehead atoms. The number of benzene rings is 1. The molecule has 0 aliphatic heterocycles. The Morgan fingerprint density at radius 2 is 2.00 bits per heavy atom. The highest BCUT2D eigenvalue weighted by Crippen LogP contribution is 2.26. The zero-order valence-corrected chi connectivity index (χ0v) is 16.3. The summed E-state index contributed by atoms with van der Waals surface area (Å²) < 4.78 is 1.93. The number of carbonyl (C=O) groups excluding carboxylic acids is 2. The lowest BCUT2D eigenvalue weighted by Crippen LogP contribution is -2.33. The Bertz CT molecular complexity index is 964. The van der Waals surface area contributed by atoms with Gasteiger partial charge in [-0.25, -0.2) is 0 Å². The van der Waals surface area contributed by atoms with E-state index < -0.39 is 0 Å². The first kappa shape index (κ1) is 18.9. The molecule has 2 aromatic heterocycles. The largest absolute Gasteiger partial charge is 0.354 e. The monoisotopic (exact) mass is 366 g/mol. The van der Waals surface area contributed by atoms with Gasteiger partial charge >= 0.3 is 0 Å². The summed E-state index contributed by atoms with van der Waals surface area (Å²) in [7, 11) is 0. The first-order valence-electron chi connectivity index (χ1n) is 9.32. The molecule has 0 fully saturated rings. The zero-order chi connectivity index (χ0) is 19.6. The Hall–Kier alpha value is -2.89. The molecule has 142 valence electrons. The second-order valence-corrected chi connectivity index (χ2v) is 6.90. The van der Waals surface area contributed by atoms with Crippen LogP contribution >= 0.6 is 0 Å². The quantitative estimate of drug-likeness (QED) is 0.628. The molecule has 0 radical (unpaired) electrons. The Morgan fingerprint density at radius 3 is 2.63 bits per heavy atom. The van der Waals surface area contributed by atoms with E-state index in [-0.39, 0.29) is 17.7 Å². The lowest BCUT2D eigenvalue weighted by atomic mass is 10.1. The minimum Gasteiger partial charge on any atom is -0.354 e. The minimum absolute atomic E-state index is 0.00567. The number of carbonyl (C=O) groups is 2. The van der Waals surface area contributed by atoms with Crippen molar-refractivity contribution in [3.05, 3.63) is 53.0 Å². The normalized spacial score (nSPS) is 12.3. The molecule has 6 heteroatoms. The molecule has 1 aromatic carbocycles. The first-order chi connectivity index (χ1) is 12.9. The predicted molar refractivity (Wildman–Crippen MR) is 106 cm³/mol. The Balaban J connectivity index is 1.79. The van der Waals surface area contributed by atoms with Crippen molar-refractivity contribution in [3.63, 3.8) is 0 Å². The number of nitrogens with one attached hydrogen (secondary N) is 2. The Labute approximate surface area is 159 Å². The molecular formula is C21H26N4O2. The lowest BCUT2D eigenvalue weighted by Gasteiger charge is -2.18. The molecule has 0 saturated heterocycles. The van der Waals surface area contributed by atoms with Crippen molar-refractivity contribution in [1.82, 2.24) is 20.1 Å². The third-order valence-electron chi connectivity index (χ3n) is 5.10. The van der Waals surface area contributed by atoms with Gasteiger partial charge in [0, 0.05) is 34.9 Å². The van der Waals surface area contributed by atoms with Crippen molar-refractivity contribution < 1.29 is 9.59 Å². The summed E-state index contributed by atoms with van der Waals surface area (Å²) in [6, 6.07) is 7.37. The van der Waals surface area contributed by atoms with Crippen molar-refractivity contribution in [2.45, 2.75) is 46.6 Å². The number of hydrogen-bond donors (Lipinski definition) is 2. The van der Waals surface area contributed by atoms with Gasteiger partial charge in [-0.1, -0.05) is 25.1 Å². The fraction of sp³-hybridized carbons (Fsp3) is 0.381. The summed E-state index contributed by atoms with van der Waals surface area (Å²) in [5.74, 6) is -0.0294. The van der Waals surface area contributed by atoms with Crippen LogP contribution in [0.4, 0.5) is 0 Å². The number of H-pyrrole nitrogens is 1. The number of hydrogen-bond acceptors (Lipinski definition) is 3. The van der Waals surface area contributed by atoms with Gasteiger partial charge in [-0.3, -0.25) is 14.7 Å². The fourth-order valence-electron chi connectivity index (χ4n) is 3.62. The number of amides is 1. The van der Waals surface area contributed by atoms with Gasteiger partial charge in [-0.05, 0) is 45.2 Å². The van der Waals surface area contributed by atoms with Gasteiger partial charge < -0.3 is 9.88 Å². The summed E-state index contributed by atoms with van der Waals surface area (Å²) in [6.45, 7) is 8.04. The van der Waals surface area contributed by atoms with Crippen LogP contribution in [0.5, 0.6) is 0 Å². The number of rotatable bonds is 7. The molecular weight excluding hydrogens is 340 g/mol. The Morgan fingerprint density at radius 1 is 1.26 bits per heavy atom. The van der Waals surface area contributed by atoms with Crippen LogP contribution in [-0.4, -0.2) is 33.0 Å². The van der Waals surface area contributed by atoms with Crippen LogP contribution in [0, 0.1) is 13.8 Å². The third kappa shape index (κ3) is 3.65. The molecule has 0 unspecified atom stereocenters. The van der Waals surface area contributed by atoms with Gasteiger partial charge in [0.05, 0.1) is 5.69 Å². The summed E-state index contributed by atoms with van der Waals surface area (Å²) in [6.07, 6.45) is 3.19. The fourth-order valence-corrected chi connectivity index (χ4v) is 3.62. The molecule has 3 rings (SSSR count). The summed E-state index contributed by atoms with van der Waals surface area (Å²) in [4.78, 5) is 24.9. The number of fused-ring (bicyclic) bond motifs is 1. The van der Waals surface area contributed by atoms with Gasteiger partial charge in [0.1, 0.15) is 6.04 Å². The lowest BCUT2D eigenvalue weighted by molar-refractivity contribution is -0.124. The molecule has 0 aliphatic carbocycles. The van der Waals surface area contributed by atoms with Gasteiger partial charge in [-0.2, -0.15) is 5.10 Å². The maximum atomic E-state index is 12.9. The third-order valence-corrected chi connectivity index (χ3v) is 5.10. The van der Waals surface area contributed by atoms with Crippen LogP contribution in [0.25, 0.3) is 10.9 Å². The van der Waals surface area contributed by atoms with E-state index in [9.17, 15) is 9.59 Å². The molecule has 0 saturated carbocycles. The zero-order valence-electron chi connectivity index (χ0n) is 16.3. The second kappa shape index (κ2) is 7.78. The number of para-hydroxylation sites is 1. The van der Waals surface area contributed by atoms with Crippen molar-refractivity contribution in [2.24, 2.45) is 0 Å². The van der Waals surface area contributed by atoms with E-state index in [1.54, 1.807) is 6.92 Å². The van der Waals surface area contributed by atoms with E-state index in [0.717, 1.165) is 34.3 Å². The highest BCUT2D eigenvalue weighted by molar-refractivity contribution is 6.07. The number of ketones is 1. The molecule has 3 aromatic rings. The van der Waals surface area contributed by atoms with Crippen LogP contribution in [0.15, 0.2) is 30.5 Å². The smallest absolute Gasteiger partial charge is 0.243 e. The van der Waals surface area contributed by atoms with E-state index in [1.165, 1.54) is 0 Å². The molecule has 2 heterocycles. The second-order valence-electron chi connectivity index (χ2n) is 6.90. The number of aromatic nitrogens is 3. The number of Topliss-reactive ketones (excluding diaryl/α,β-unsaturated/α-hetero) is 1. The topological polar surface area (TPSA) is 79.8 Å². The average Bonchev–Trinajstić information content (AvgIpc) is 3.18. The van der Waals surface area contributed by atoms with E-state index >= 15 is 0 Å². The molecule has 0 spiro atoms. The molecule has 1 atom stereocenters. The van der Waals surface area contributed by atoms with Crippen molar-refractivity contribution in [1.29, 1.82) is 0 Å². The van der Waals surface area contributed by atoms with Crippen molar-refractivity contribution >= 4 is 22.6 Å². The summed E-state index contributed by atoms with van der Waals surface area (Å²) in [5.41, 5.74) is 4.72. The maximum Gasteiger partial charge on any atom is 0.243 e. The van der Waals surface area contributed by atoms with Crippen LogP contribution < -0.4 is 5.32 Å². The van der Waals surface area contributed by atoms with Crippen LogP contribution in [0.2, 0.25) is 0 Å². The summed E-state index contributed by atoms with van der Waals surface area (Å²) >= 11 is 0. The van der Waals surface area contributed by atoms with Crippen molar-refractivity contribution in [2.75, 3.05) is 6.54 Å². The van der Waals surface area contributed by atoms with E-state index in [1.807, 2.05) is 55.8 Å². The molecule has 27 heavy (non-hydrogen) atoms. The van der Waals surface area contributed by atoms with Gasteiger partial charge in [0.2, 0.25) is 5.91 Å². The van der Waals surface area contributed by atoms with E-state index in [2.05, 4.69) is 15.5 Å². The van der Waals surface area contributed by atoms with E-state index in [4.69, 9.17) is 0 Å². The predicted octanol–water partition coefficient (Wildman–Crippen LogP) is 3.49.